The second kappa shape index (κ2) is 4.30. The Morgan fingerprint density at radius 1 is 1.91 bits per heavy atom. The molecule has 0 aromatic carbocycles. The first kappa shape index (κ1) is 8.48. The first-order valence-corrected chi connectivity index (χ1v) is 4.51. The molecule has 0 aliphatic rings. The van der Waals surface area contributed by atoms with Crippen LogP contribution in [-0.4, -0.2) is 25.3 Å². The maximum Gasteiger partial charge on any atom is 0.223 e. The van der Waals surface area contributed by atoms with Gasteiger partial charge in [-0.3, -0.25) is 0 Å². The van der Waals surface area contributed by atoms with E-state index in [1.807, 2.05) is 6.92 Å². The minimum Gasteiger partial charge on any atom is -0.310 e. The molecule has 6 heteroatoms. The van der Waals surface area contributed by atoms with Gasteiger partial charge < -0.3 is 5.32 Å². The number of aromatic amines is 1. The van der Waals surface area contributed by atoms with Gasteiger partial charge in [-0.2, -0.15) is 10.1 Å². The van der Waals surface area contributed by atoms with E-state index in [1.165, 1.54) is 6.33 Å². The van der Waals surface area contributed by atoms with Crippen LogP contribution in [-0.2, 0) is 0 Å². The SMILES string of the molecule is CCSC(=S)Nc1ncn[nH]1. The number of thiocarbonyl (C=S) groups is 1. The van der Waals surface area contributed by atoms with Gasteiger partial charge in [0.15, 0.2) is 0 Å². The molecular weight excluding hydrogens is 180 g/mol. The number of hydrogen-bond donors (Lipinski definition) is 2. The largest absolute Gasteiger partial charge is 0.310 e. The zero-order valence-electron chi connectivity index (χ0n) is 6.00. The van der Waals surface area contributed by atoms with Crippen LogP contribution in [0.25, 0.3) is 0 Å². The van der Waals surface area contributed by atoms with Crippen LogP contribution in [0.4, 0.5) is 5.95 Å². The molecule has 0 aliphatic heterocycles. The summed E-state index contributed by atoms with van der Waals surface area (Å²) in [6, 6.07) is 0. The van der Waals surface area contributed by atoms with Crippen molar-refractivity contribution in [3.63, 3.8) is 0 Å². The smallest absolute Gasteiger partial charge is 0.223 e. The molecule has 0 radical (unpaired) electrons. The van der Waals surface area contributed by atoms with Crippen LogP contribution in [0.2, 0.25) is 0 Å². The van der Waals surface area contributed by atoms with E-state index < -0.39 is 0 Å². The molecule has 0 unspecified atom stereocenters. The van der Waals surface area contributed by atoms with Crippen molar-refractivity contribution in [3.8, 4) is 0 Å². The number of nitrogens with one attached hydrogen (secondary N) is 2. The van der Waals surface area contributed by atoms with Gasteiger partial charge in [0.05, 0.1) is 0 Å². The third-order valence-electron chi connectivity index (χ3n) is 0.911. The lowest BCUT2D eigenvalue weighted by Gasteiger charge is -1.99. The highest BCUT2D eigenvalue weighted by Crippen LogP contribution is 2.04. The fraction of sp³-hybridized carbons (Fsp3) is 0.400. The predicted octanol–water partition coefficient (Wildman–Crippen LogP) is 1.25. The van der Waals surface area contributed by atoms with Crippen molar-refractivity contribution in [2.24, 2.45) is 0 Å². The van der Waals surface area contributed by atoms with Crippen molar-refractivity contribution in [2.75, 3.05) is 11.1 Å². The van der Waals surface area contributed by atoms with Gasteiger partial charge in [-0.25, -0.2) is 5.10 Å². The summed E-state index contributed by atoms with van der Waals surface area (Å²) in [4.78, 5) is 3.86. The lowest BCUT2D eigenvalue weighted by atomic mass is 11.0. The summed E-state index contributed by atoms with van der Waals surface area (Å²) < 4.78 is 0.712. The monoisotopic (exact) mass is 188 g/mol. The molecule has 0 saturated heterocycles. The van der Waals surface area contributed by atoms with Crippen molar-refractivity contribution in [2.45, 2.75) is 6.92 Å². The summed E-state index contributed by atoms with van der Waals surface area (Å²) in [5.74, 6) is 1.55. The van der Waals surface area contributed by atoms with Gasteiger partial charge in [-0.15, -0.1) is 0 Å². The fourth-order valence-electron chi connectivity index (χ4n) is 0.530. The minimum absolute atomic E-state index is 0.593. The first-order chi connectivity index (χ1) is 5.33. The molecule has 0 saturated carbocycles. The van der Waals surface area contributed by atoms with Crippen molar-refractivity contribution in [1.29, 1.82) is 0 Å². The normalized spacial score (nSPS) is 9.55. The van der Waals surface area contributed by atoms with E-state index in [0.717, 1.165) is 5.75 Å². The van der Waals surface area contributed by atoms with Crippen LogP contribution in [0, 0.1) is 0 Å². The summed E-state index contributed by atoms with van der Waals surface area (Å²) in [7, 11) is 0. The average Bonchev–Trinajstić information content (AvgIpc) is 2.40. The van der Waals surface area contributed by atoms with Gasteiger partial charge in [-0.1, -0.05) is 30.9 Å². The molecule has 0 fully saturated rings. The number of anilines is 1. The molecule has 0 atom stereocenters. The average molecular weight is 188 g/mol. The van der Waals surface area contributed by atoms with Crippen molar-refractivity contribution in [1.82, 2.24) is 15.2 Å². The van der Waals surface area contributed by atoms with E-state index in [-0.39, 0.29) is 0 Å². The first-order valence-electron chi connectivity index (χ1n) is 3.12. The molecule has 1 heterocycles. The van der Waals surface area contributed by atoms with Crippen molar-refractivity contribution < 1.29 is 0 Å². The van der Waals surface area contributed by atoms with E-state index in [1.54, 1.807) is 11.8 Å². The second-order valence-electron chi connectivity index (χ2n) is 1.68. The zero-order chi connectivity index (χ0) is 8.10. The van der Waals surface area contributed by atoms with Gasteiger partial charge in [-0.05, 0) is 5.75 Å². The Morgan fingerprint density at radius 3 is 3.27 bits per heavy atom. The fourth-order valence-corrected chi connectivity index (χ4v) is 1.41. The van der Waals surface area contributed by atoms with Crippen molar-refractivity contribution in [3.05, 3.63) is 6.33 Å². The van der Waals surface area contributed by atoms with Crippen LogP contribution in [0.3, 0.4) is 0 Å². The number of nitrogens with zero attached hydrogens (tertiary/aromatic N) is 2. The van der Waals surface area contributed by atoms with E-state index in [4.69, 9.17) is 12.2 Å². The van der Waals surface area contributed by atoms with Gasteiger partial charge in [0.2, 0.25) is 5.95 Å². The third-order valence-corrected chi connectivity index (χ3v) is 2.02. The molecule has 4 nitrogen and oxygen atoms in total. The highest BCUT2D eigenvalue weighted by Gasteiger charge is 1.97. The molecule has 0 aliphatic carbocycles. The van der Waals surface area contributed by atoms with E-state index in [0.29, 0.717) is 10.3 Å². The summed E-state index contributed by atoms with van der Waals surface area (Å²) in [6.45, 7) is 2.04. The molecule has 1 rings (SSSR count). The quantitative estimate of drug-likeness (QED) is 0.684. The van der Waals surface area contributed by atoms with E-state index in [2.05, 4.69) is 20.5 Å². The van der Waals surface area contributed by atoms with Crippen LogP contribution < -0.4 is 5.32 Å². The second-order valence-corrected chi connectivity index (χ2v) is 3.62. The molecule has 0 bridgehead atoms. The highest BCUT2D eigenvalue weighted by atomic mass is 32.2. The number of hydrogen-bond acceptors (Lipinski definition) is 4. The summed E-state index contributed by atoms with van der Waals surface area (Å²) in [6.07, 6.45) is 1.43. The Balaban J connectivity index is 2.37. The van der Waals surface area contributed by atoms with Crippen LogP contribution in [0.5, 0.6) is 0 Å². The highest BCUT2D eigenvalue weighted by molar-refractivity contribution is 8.23. The van der Waals surface area contributed by atoms with Crippen LogP contribution in [0.1, 0.15) is 6.92 Å². The number of rotatable bonds is 2. The topological polar surface area (TPSA) is 53.6 Å². The molecule has 1 aromatic heterocycles. The number of H-pyrrole nitrogens is 1. The molecule has 0 spiro atoms. The molecular formula is C5H8N4S2. The number of aromatic nitrogens is 3. The zero-order valence-corrected chi connectivity index (χ0v) is 7.63. The Morgan fingerprint density at radius 2 is 2.73 bits per heavy atom. The van der Waals surface area contributed by atoms with Crippen LogP contribution in [0.15, 0.2) is 6.33 Å². The van der Waals surface area contributed by atoms with Gasteiger partial charge >= 0.3 is 0 Å². The lowest BCUT2D eigenvalue weighted by molar-refractivity contribution is 1.10. The Hall–Kier alpha value is -0.620. The summed E-state index contributed by atoms with van der Waals surface area (Å²) >= 11 is 6.53. The maximum absolute atomic E-state index is 4.97. The van der Waals surface area contributed by atoms with Gasteiger partial charge in [0, 0.05) is 0 Å². The molecule has 60 valence electrons. The Labute approximate surface area is 74.2 Å². The molecule has 1 aromatic rings. The summed E-state index contributed by atoms with van der Waals surface area (Å²) in [5.41, 5.74) is 0. The molecule has 11 heavy (non-hydrogen) atoms. The van der Waals surface area contributed by atoms with E-state index in [9.17, 15) is 0 Å². The number of thioether (sulfide) groups is 1. The standard InChI is InChI=1S/C5H8N4S2/c1-2-11-5(10)8-4-6-3-7-9-4/h3H,2H2,1H3,(H2,6,7,8,9,10). The van der Waals surface area contributed by atoms with Gasteiger partial charge in [0.25, 0.3) is 0 Å². The Kier molecular flexibility index (Phi) is 3.31. The minimum atomic E-state index is 0.593. The van der Waals surface area contributed by atoms with Gasteiger partial charge in [0.1, 0.15) is 10.6 Å². The third kappa shape index (κ3) is 2.85. The summed E-state index contributed by atoms with van der Waals surface area (Å²) in [5, 5.41) is 9.21. The molecule has 2 N–H and O–H groups in total. The van der Waals surface area contributed by atoms with Crippen molar-refractivity contribution >= 4 is 34.2 Å². The Bertz CT molecular complexity index is 220. The van der Waals surface area contributed by atoms with E-state index >= 15 is 0 Å². The maximum atomic E-state index is 4.97. The van der Waals surface area contributed by atoms with Crippen LogP contribution >= 0.6 is 24.0 Å². The predicted molar refractivity (Wildman–Crippen MR) is 50.7 cm³/mol. The lowest BCUT2D eigenvalue weighted by Crippen LogP contribution is -2.05. The molecule has 0 amide bonds.